The van der Waals surface area contributed by atoms with Crippen molar-refractivity contribution in [3.8, 4) is 0 Å². The molecule has 1 amide bonds. The Morgan fingerprint density at radius 2 is 2.21 bits per heavy atom. The van der Waals surface area contributed by atoms with Gasteiger partial charge in [-0.3, -0.25) is 9.78 Å². The number of carbonyl (C=O) groups is 1. The van der Waals surface area contributed by atoms with Gasteiger partial charge in [-0.05, 0) is 43.4 Å². The van der Waals surface area contributed by atoms with E-state index in [2.05, 4.69) is 22.3 Å². The van der Waals surface area contributed by atoms with Crippen LogP contribution in [0.1, 0.15) is 28.2 Å². The number of nitrogens with zero attached hydrogens (tertiary/aromatic N) is 3. The van der Waals surface area contributed by atoms with Crippen LogP contribution in [0.2, 0.25) is 0 Å². The largest absolute Gasteiger partial charge is 0.361 e. The summed E-state index contributed by atoms with van der Waals surface area (Å²) in [7, 11) is 0. The third-order valence-corrected chi connectivity index (χ3v) is 4.67. The molecule has 0 unspecified atom stereocenters. The van der Waals surface area contributed by atoms with E-state index in [1.54, 1.807) is 13.0 Å². The van der Waals surface area contributed by atoms with E-state index in [4.69, 9.17) is 4.52 Å². The standard InChI is InChI=1S/C19H19N3O2/c1-13-10-18(21-24-13)19(23)22-9-7-14(12-22)11-15-6-8-20-17-5-3-2-4-16(15)17/h2-6,8,10,14H,7,9,11-12H2,1H3/t14-/m0/s1. The van der Waals surface area contributed by atoms with Crippen molar-refractivity contribution >= 4 is 16.8 Å². The van der Waals surface area contributed by atoms with Crippen molar-refractivity contribution in [3.63, 3.8) is 0 Å². The summed E-state index contributed by atoms with van der Waals surface area (Å²) in [6.45, 7) is 3.34. The van der Waals surface area contributed by atoms with Crippen LogP contribution >= 0.6 is 0 Å². The van der Waals surface area contributed by atoms with Crippen molar-refractivity contribution in [1.29, 1.82) is 0 Å². The van der Waals surface area contributed by atoms with Gasteiger partial charge in [0.05, 0.1) is 5.52 Å². The molecule has 3 heterocycles. The number of benzene rings is 1. The smallest absolute Gasteiger partial charge is 0.276 e. The number of carbonyl (C=O) groups excluding carboxylic acids is 1. The number of likely N-dealkylation sites (tertiary alicyclic amines) is 1. The summed E-state index contributed by atoms with van der Waals surface area (Å²) >= 11 is 0. The molecule has 1 fully saturated rings. The van der Waals surface area contributed by atoms with Crippen LogP contribution in [-0.2, 0) is 6.42 Å². The number of hydrogen-bond donors (Lipinski definition) is 0. The van der Waals surface area contributed by atoms with Crippen molar-refractivity contribution < 1.29 is 9.32 Å². The topological polar surface area (TPSA) is 59.2 Å². The van der Waals surface area contributed by atoms with E-state index in [0.717, 1.165) is 31.4 Å². The quantitative estimate of drug-likeness (QED) is 0.743. The lowest BCUT2D eigenvalue weighted by atomic mass is 9.96. The van der Waals surface area contributed by atoms with Gasteiger partial charge in [-0.15, -0.1) is 0 Å². The summed E-state index contributed by atoms with van der Waals surface area (Å²) in [6, 6.07) is 12.0. The molecule has 0 N–H and O–H groups in total. The first-order valence-electron chi connectivity index (χ1n) is 8.26. The summed E-state index contributed by atoms with van der Waals surface area (Å²) < 4.78 is 5.01. The summed E-state index contributed by atoms with van der Waals surface area (Å²) in [6.07, 6.45) is 3.84. The van der Waals surface area contributed by atoms with Gasteiger partial charge >= 0.3 is 0 Å². The highest BCUT2D eigenvalue weighted by Gasteiger charge is 2.28. The maximum absolute atomic E-state index is 12.5. The molecule has 1 aliphatic heterocycles. The van der Waals surface area contributed by atoms with E-state index in [1.165, 1.54) is 10.9 Å². The zero-order chi connectivity index (χ0) is 16.5. The highest BCUT2D eigenvalue weighted by atomic mass is 16.5. The maximum atomic E-state index is 12.5. The first-order valence-corrected chi connectivity index (χ1v) is 8.26. The van der Waals surface area contributed by atoms with E-state index in [-0.39, 0.29) is 5.91 Å². The van der Waals surface area contributed by atoms with Gasteiger partial charge < -0.3 is 9.42 Å². The van der Waals surface area contributed by atoms with Gasteiger partial charge in [-0.25, -0.2) is 0 Å². The minimum atomic E-state index is -0.0334. The van der Waals surface area contributed by atoms with Crippen LogP contribution in [0, 0.1) is 12.8 Å². The predicted octanol–water partition coefficient (Wildman–Crippen LogP) is 3.24. The Hall–Kier alpha value is -2.69. The molecule has 0 bridgehead atoms. The fourth-order valence-electron chi connectivity index (χ4n) is 3.46. The molecule has 1 aliphatic rings. The molecule has 1 atom stereocenters. The Kier molecular flexibility index (Phi) is 3.76. The predicted molar refractivity (Wildman–Crippen MR) is 90.7 cm³/mol. The Morgan fingerprint density at radius 1 is 1.33 bits per heavy atom. The molecular weight excluding hydrogens is 302 g/mol. The molecule has 0 radical (unpaired) electrons. The zero-order valence-electron chi connectivity index (χ0n) is 13.6. The molecule has 1 saturated heterocycles. The van der Waals surface area contributed by atoms with Crippen molar-refractivity contribution in [1.82, 2.24) is 15.0 Å². The number of fused-ring (bicyclic) bond motifs is 1. The minimum Gasteiger partial charge on any atom is -0.361 e. The van der Waals surface area contributed by atoms with Gasteiger partial charge in [0.1, 0.15) is 5.76 Å². The summed E-state index contributed by atoms with van der Waals surface area (Å²) in [5, 5.41) is 5.04. The fourth-order valence-corrected chi connectivity index (χ4v) is 3.46. The van der Waals surface area contributed by atoms with Crippen molar-refractivity contribution in [2.24, 2.45) is 5.92 Å². The summed E-state index contributed by atoms with van der Waals surface area (Å²) in [4.78, 5) is 18.8. The number of pyridine rings is 1. The van der Waals surface area contributed by atoms with E-state index in [1.807, 2.05) is 29.3 Å². The summed E-state index contributed by atoms with van der Waals surface area (Å²) in [5.41, 5.74) is 2.73. The maximum Gasteiger partial charge on any atom is 0.276 e. The third kappa shape index (κ3) is 2.77. The van der Waals surface area contributed by atoms with Crippen LogP contribution in [0.15, 0.2) is 47.1 Å². The number of amides is 1. The molecule has 4 rings (SSSR count). The lowest BCUT2D eigenvalue weighted by Gasteiger charge is -2.15. The van der Waals surface area contributed by atoms with E-state index >= 15 is 0 Å². The molecule has 24 heavy (non-hydrogen) atoms. The van der Waals surface area contributed by atoms with E-state index in [0.29, 0.717) is 17.4 Å². The first-order chi connectivity index (χ1) is 11.7. The van der Waals surface area contributed by atoms with Gasteiger partial charge in [0.15, 0.2) is 5.69 Å². The second kappa shape index (κ2) is 6.07. The number of para-hydroxylation sites is 1. The molecule has 3 aromatic rings. The van der Waals surface area contributed by atoms with Crippen LogP contribution in [0.5, 0.6) is 0 Å². The van der Waals surface area contributed by atoms with Crippen molar-refractivity contribution in [3.05, 3.63) is 59.6 Å². The molecule has 1 aromatic carbocycles. The van der Waals surface area contributed by atoms with Gasteiger partial charge in [-0.1, -0.05) is 23.4 Å². The van der Waals surface area contributed by atoms with E-state index < -0.39 is 0 Å². The molecule has 5 heteroatoms. The number of aromatic nitrogens is 2. The van der Waals surface area contributed by atoms with Crippen molar-refractivity contribution in [2.45, 2.75) is 19.8 Å². The van der Waals surface area contributed by atoms with Crippen LogP contribution in [0.4, 0.5) is 0 Å². The highest BCUT2D eigenvalue weighted by Crippen LogP contribution is 2.25. The normalized spacial score (nSPS) is 17.5. The molecule has 2 aromatic heterocycles. The lowest BCUT2D eigenvalue weighted by Crippen LogP contribution is -2.29. The monoisotopic (exact) mass is 321 g/mol. The molecule has 0 spiro atoms. The Balaban J connectivity index is 1.48. The number of rotatable bonds is 3. The second-order valence-corrected chi connectivity index (χ2v) is 6.42. The van der Waals surface area contributed by atoms with Crippen LogP contribution in [0.25, 0.3) is 10.9 Å². The Morgan fingerprint density at radius 3 is 3.04 bits per heavy atom. The van der Waals surface area contributed by atoms with Gasteiger partial charge in [-0.2, -0.15) is 0 Å². The van der Waals surface area contributed by atoms with Gasteiger partial charge in [0.2, 0.25) is 0 Å². The van der Waals surface area contributed by atoms with Gasteiger partial charge in [0, 0.05) is 30.7 Å². The third-order valence-electron chi connectivity index (χ3n) is 4.67. The Labute approximate surface area is 140 Å². The SMILES string of the molecule is Cc1cc(C(=O)N2CC[C@@H](Cc3ccnc4ccccc34)C2)no1. The molecule has 0 saturated carbocycles. The van der Waals surface area contributed by atoms with Crippen molar-refractivity contribution in [2.75, 3.05) is 13.1 Å². The molecule has 0 aliphatic carbocycles. The fraction of sp³-hybridized carbons (Fsp3) is 0.316. The minimum absolute atomic E-state index is 0.0334. The molecule has 5 nitrogen and oxygen atoms in total. The van der Waals surface area contributed by atoms with Crippen LogP contribution in [0.3, 0.4) is 0 Å². The average Bonchev–Trinajstić information content (AvgIpc) is 3.24. The number of hydrogen-bond acceptors (Lipinski definition) is 4. The number of aryl methyl sites for hydroxylation is 1. The molecule has 122 valence electrons. The molecular formula is C19H19N3O2. The lowest BCUT2D eigenvalue weighted by molar-refractivity contribution is 0.0776. The van der Waals surface area contributed by atoms with Crippen LogP contribution in [-0.4, -0.2) is 34.0 Å². The highest BCUT2D eigenvalue weighted by molar-refractivity contribution is 5.92. The van der Waals surface area contributed by atoms with Gasteiger partial charge in [0.25, 0.3) is 5.91 Å². The summed E-state index contributed by atoms with van der Waals surface area (Å²) in [5.74, 6) is 1.10. The Bertz CT molecular complexity index is 882. The second-order valence-electron chi connectivity index (χ2n) is 6.42. The average molecular weight is 321 g/mol. The zero-order valence-corrected chi connectivity index (χ0v) is 13.6. The van der Waals surface area contributed by atoms with Crippen LogP contribution < -0.4 is 0 Å². The first kappa shape index (κ1) is 14.9. The van der Waals surface area contributed by atoms with E-state index in [9.17, 15) is 4.79 Å².